The second-order valence-corrected chi connectivity index (χ2v) is 12.5. The molecule has 122 valence electrons. The van der Waals surface area contributed by atoms with Gasteiger partial charge >= 0.3 is 0 Å². The molecule has 0 fully saturated rings. The summed E-state index contributed by atoms with van der Waals surface area (Å²) >= 11 is 0. The molecule has 1 aromatic carbocycles. The standard InChI is InChI=1S/C17H29N3OSi/c1-16(2,3)22(4,5)21-11-10-17(19)13-8-6-7-9-14(13)20-12-15(17)18/h6-9,12,15H,10-11,18-19H2,1-5H3. The zero-order valence-corrected chi connectivity index (χ0v) is 15.4. The Kier molecular flexibility index (Phi) is 4.64. The van der Waals surface area contributed by atoms with Gasteiger partial charge in [-0.3, -0.25) is 4.99 Å². The minimum absolute atomic E-state index is 0.197. The first-order valence-corrected chi connectivity index (χ1v) is 10.8. The van der Waals surface area contributed by atoms with E-state index in [0.29, 0.717) is 13.0 Å². The van der Waals surface area contributed by atoms with Crippen LogP contribution in [-0.2, 0) is 9.96 Å². The molecule has 22 heavy (non-hydrogen) atoms. The van der Waals surface area contributed by atoms with Crippen LogP contribution in [0.3, 0.4) is 0 Å². The van der Waals surface area contributed by atoms with E-state index in [-0.39, 0.29) is 11.1 Å². The summed E-state index contributed by atoms with van der Waals surface area (Å²) in [6.07, 6.45) is 2.46. The third-order valence-electron chi connectivity index (χ3n) is 5.16. The Morgan fingerprint density at radius 3 is 2.55 bits per heavy atom. The van der Waals surface area contributed by atoms with Crippen LogP contribution in [0.1, 0.15) is 32.8 Å². The molecule has 4 N–H and O–H groups in total. The zero-order chi connectivity index (χ0) is 16.6. The number of para-hydroxylation sites is 1. The molecule has 5 heteroatoms. The van der Waals surface area contributed by atoms with Gasteiger partial charge in [0, 0.05) is 12.8 Å². The monoisotopic (exact) mass is 319 g/mol. The summed E-state index contributed by atoms with van der Waals surface area (Å²) in [7, 11) is -1.77. The van der Waals surface area contributed by atoms with E-state index >= 15 is 0 Å². The topological polar surface area (TPSA) is 73.6 Å². The quantitative estimate of drug-likeness (QED) is 0.836. The van der Waals surface area contributed by atoms with E-state index in [1.165, 1.54) is 0 Å². The molecule has 4 nitrogen and oxygen atoms in total. The smallest absolute Gasteiger partial charge is 0.191 e. The van der Waals surface area contributed by atoms with Crippen molar-refractivity contribution in [3.63, 3.8) is 0 Å². The molecule has 0 spiro atoms. The summed E-state index contributed by atoms with van der Waals surface area (Å²) in [6.45, 7) is 11.9. The van der Waals surface area contributed by atoms with E-state index in [9.17, 15) is 0 Å². The first-order valence-electron chi connectivity index (χ1n) is 7.90. The third kappa shape index (κ3) is 3.17. The molecule has 0 saturated heterocycles. The number of hydrogen-bond acceptors (Lipinski definition) is 4. The van der Waals surface area contributed by atoms with Crippen LogP contribution >= 0.6 is 0 Å². The lowest BCUT2D eigenvalue weighted by Gasteiger charge is -2.40. The normalized spacial score (nSPS) is 25.1. The Morgan fingerprint density at radius 1 is 1.27 bits per heavy atom. The highest BCUT2D eigenvalue weighted by molar-refractivity contribution is 6.74. The third-order valence-corrected chi connectivity index (χ3v) is 9.70. The van der Waals surface area contributed by atoms with Gasteiger partial charge < -0.3 is 15.9 Å². The molecule has 0 amide bonds. The fourth-order valence-electron chi connectivity index (χ4n) is 2.45. The van der Waals surface area contributed by atoms with Crippen LogP contribution in [0.25, 0.3) is 0 Å². The maximum absolute atomic E-state index is 6.67. The Hall–Kier alpha value is -1.01. The van der Waals surface area contributed by atoms with E-state index in [0.717, 1.165) is 11.3 Å². The number of benzene rings is 1. The van der Waals surface area contributed by atoms with Crippen molar-refractivity contribution in [2.75, 3.05) is 6.61 Å². The molecule has 2 rings (SSSR count). The molecule has 0 aromatic heterocycles. The number of nitrogens with two attached hydrogens (primary N) is 2. The fraction of sp³-hybridized carbons (Fsp3) is 0.588. The van der Waals surface area contributed by atoms with E-state index < -0.39 is 13.9 Å². The highest BCUT2D eigenvalue weighted by Gasteiger charge is 2.40. The zero-order valence-electron chi connectivity index (χ0n) is 14.4. The highest BCUT2D eigenvalue weighted by Crippen LogP contribution is 2.39. The predicted octanol–water partition coefficient (Wildman–Crippen LogP) is 3.30. The summed E-state index contributed by atoms with van der Waals surface area (Å²) in [5, 5.41) is 0.197. The molecule has 0 aliphatic carbocycles. The van der Waals surface area contributed by atoms with Crippen molar-refractivity contribution in [3.05, 3.63) is 29.8 Å². The Morgan fingerprint density at radius 2 is 1.91 bits per heavy atom. The van der Waals surface area contributed by atoms with Gasteiger partial charge in [-0.05, 0) is 36.2 Å². The molecule has 1 aromatic rings. The van der Waals surface area contributed by atoms with Crippen LogP contribution in [-0.4, -0.2) is 27.2 Å². The van der Waals surface area contributed by atoms with Crippen molar-refractivity contribution in [3.8, 4) is 0 Å². The Labute approximate surface area is 135 Å². The lowest BCUT2D eigenvalue weighted by atomic mass is 9.79. The first kappa shape index (κ1) is 17.3. The van der Waals surface area contributed by atoms with E-state index in [1.54, 1.807) is 6.21 Å². The summed E-state index contributed by atoms with van der Waals surface area (Å²) in [4.78, 5) is 4.40. The molecule has 2 atom stereocenters. The maximum Gasteiger partial charge on any atom is 0.191 e. The first-order chi connectivity index (χ1) is 10.1. The fourth-order valence-corrected chi connectivity index (χ4v) is 3.49. The second kappa shape index (κ2) is 5.89. The average Bonchev–Trinajstić information content (AvgIpc) is 2.42. The lowest BCUT2D eigenvalue weighted by Crippen LogP contribution is -2.55. The molecule has 0 radical (unpaired) electrons. The highest BCUT2D eigenvalue weighted by atomic mass is 28.4. The minimum atomic E-state index is -1.77. The van der Waals surface area contributed by atoms with Crippen molar-refractivity contribution in [1.29, 1.82) is 0 Å². The van der Waals surface area contributed by atoms with E-state index in [2.05, 4.69) is 38.9 Å². The summed E-state index contributed by atoms with van der Waals surface area (Å²) in [5.74, 6) is 0. The SMILES string of the molecule is CC(C)(C)[Si](C)(C)OCCC1(N)c2ccccc2N=CC1N. The van der Waals surface area contributed by atoms with Crippen LogP contribution in [0, 0.1) is 0 Å². The largest absolute Gasteiger partial charge is 0.417 e. The lowest BCUT2D eigenvalue weighted by molar-refractivity contribution is 0.232. The van der Waals surface area contributed by atoms with Crippen molar-refractivity contribution < 1.29 is 4.43 Å². The molecule has 0 saturated carbocycles. The molecule has 1 aliphatic heterocycles. The van der Waals surface area contributed by atoms with Gasteiger partial charge in [0.1, 0.15) is 0 Å². The van der Waals surface area contributed by atoms with Crippen LogP contribution in [0.4, 0.5) is 5.69 Å². The van der Waals surface area contributed by atoms with Crippen LogP contribution in [0.15, 0.2) is 29.3 Å². The minimum Gasteiger partial charge on any atom is -0.417 e. The van der Waals surface area contributed by atoms with Gasteiger partial charge in [-0.25, -0.2) is 0 Å². The number of rotatable bonds is 4. The van der Waals surface area contributed by atoms with Gasteiger partial charge in [0.05, 0.1) is 17.3 Å². The number of nitrogens with zero attached hydrogens (tertiary/aromatic N) is 1. The van der Waals surface area contributed by atoms with Crippen molar-refractivity contribution >= 4 is 20.2 Å². The molecular formula is C17H29N3OSi. The second-order valence-electron chi connectivity index (χ2n) is 7.72. The van der Waals surface area contributed by atoms with Gasteiger partial charge in [-0.1, -0.05) is 39.0 Å². The van der Waals surface area contributed by atoms with Crippen molar-refractivity contribution in [2.24, 2.45) is 16.5 Å². The van der Waals surface area contributed by atoms with E-state index in [4.69, 9.17) is 15.9 Å². The number of aliphatic imine (C=N–C) groups is 1. The number of fused-ring (bicyclic) bond motifs is 1. The summed E-state index contributed by atoms with van der Waals surface area (Å²) < 4.78 is 6.28. The van der Waals surface area contributed by atoms with Gasteiger partial charge in [-0.15, -0.1) is 0 Å². The predicted molar refractivity (Wildman–Crippen MR) is 96.2 cm³/mol. The molecule has 1 aliphatic rings. The van der Waals surface area contributed by atoms with Crippen LogP contribution in [0.2, 0.25) is 18.1 Å². The van der Waals surface area contributed by atoms with E-state index in [1.807, 2.05) is 24.3 Å². The van der Waals surface area contributed by atoms with Gasteiger partial charge in [0.2, 0.25) is 0 Å². The van der Waals surface area contributed by atoms with Gasteiger partial charge in [0.15, 0.2) is 8.32 Å². The summed E-state index contributed by atoms with van der Waals surface area (Å²) in [6, 6.07) is 7.68. The molecular weight excluding hydrogens is 290 g/mol. The number of hydrogen-bond donors (Lipinski definition) is 2. The van der Waals surface area contributed by atoms with Crippen molar-refractivity contribution in [1.82, 2.24) is 0 Å². The maximum atomic E-state index is 6.67. The molecule has 2 unspecified atom stereocenters. The van der Waals surface area contributed by atoms with Crippen LogP contribution < -0.4 is 11.5 Å². The van der Waals surface area contributed by atoms with Crippen LogP contribution in [0.5, 0.6) is 0 Å². The van der Waals surface area contributed by atoms with Gasteiger partial charge in [-0.2, -0.15) is 0 Å². The molecule has 0 bridgehead atoms. The Bertz CT molecular complexity index is 565. The summed E-state index contributed by atoms with van der Waals surface area (Å²) in [5.41, 5.74) is 14.2. The van der Waals surface area contributed by atoms with Gasteiger partial charge in [0.25, 0.3) is 0 Å². The molecule has 1 heterocycles. The van der Waals surface area contributed by atoms with Crippen molar-refractivity contribution in [2.45, 2.75) is 56.9 Å². The Balaban J connectivity index is 2.13. The average molecular weight is 320 g/mol.